The molecular formula is C7H14N2O4. The number of hydroxylamine groups is 2. The molecule has 0 heterocycles. The van der Waals surface area contributed by atoms with E-state index in [2.05, 4.69) is 14.9 Å². The van der Waals surface area contributed by atoms with Crippen LogP contribution in [0.3, 0.4) is 0 Å². The Morgan fingerprint density at radius 3 is 2.38 bits per heavy atom. The molecule has 0 spiro atoms. The fourth-order valence-electron chi connectivity index (χ4n) is 0.616. The zero-order chi connectivity index (χ0) is 10.4. The van der Waals surface area contributed by atoms with E-state index in [0.29, 0.717) is 0 Å². The molecule has 0 rings (SSSR count). The number of amides is 2. The molecule has 0 fully saturated rings. The Balaban J connectivity index is 4.03. The summed E-state index contributed by atoms with van der Waals surface area (Å²) in [6.45, 7) is 1.47. The van der Waals surface area contributed by atoms with Gasteiger partial charge in [-0.05, 0) is 6.92 Å². The molecule has 1 unspecified atom stereocenters. The van der Waals surface area contributed by atoms with Crippen LogP contribution in [-0.4, -0.2) is 44.4 Å². The van der Waals surface area contributed by atoms with Crippen LogP contribution in [0.15, 0.2) is 0 Å². The summed E-state index contributed by atoms with van der Waals surface area (Å²) in [7, 11) is 4.20. The molecular weight excluding hydrogens is 176 g/mol. The van der Waals surface area contributed by atoms with Crippen molar-refractivity contribution in [3.63, 3.8) is 0 Å². The third kappa shape index (κ3) is 3.75. The van der Waals surface area contributed by atoms with Gasteiger partial charge in [-0.15, -0.1) is 0 Å². The molecule has 2 amide bonds. The van der Waals surface area contributed by atoms with Crippen LogP contribution in [-0.2, 0) is 14.4 Å². The maximum absolute atomic E-state index is 11.2. The lowest BCUT2D eigenvalue weighted by atomic mass is 10.4. The Morgan fingerprint density at radius 1 is 1.46 bits per heavy atom. The Bertz CT molecular complexity index is 195. The zero-order valence-corrected chi connectivity index (χ0v) is 8.16. The van der Waals surface area contributed by atoms with Crippen molar-refractivity contribution in [3.8, 4) is 0 Å². The Kier molecular flexibility index (Phi) is 4.83. The van der Waals surface area contributed by atoms with E-state index in [0.717, 1.165) is 5.06 Å². The lowest BCUT2D eigenvalue weighted by Gasteiger charge is -2.18. The van der Waals surface area contributed by atoms with Crippen LogP contribution in [0.4, 0.5) is 4.79 Å². The van der Waals surface area contributed by atoms with Gasteiger partial charge >= 0.3 is 6.09 Å². The summed E-state index contributed by atoms with van der Waals surface area (Å²) in [6, 6.07) is 0. The molecule has 0 saturated carbocycles. The minimum atomic E-state index is -0.857. The largest absolute Gasteiger partial charge is 0.436 e. The number of alkyl carbamates (subject to hydrolysis) is 1. The normalized spacial score (nSPS) is 11.7. The van der Waals surface area contributed by atoms with Crippen LogP contribution in [0.5, 0.6) is 0 Å². The molecule has 0 saturated heterocycles. The van der Waals surface area contributed by atoms with Crippen molar-refractivity contribution in [1.29, 1.82) is 0 Å². The van der Waals surface area contributed by atoms with Crippen LogP contribution < -0.4 is 5.32 Å². The van der Waals surface area contributed by atoms with E-state index in [4.69, 9.17) is 0 Å². The molecule has 0 aromatic rings. The SMILES string of the molecule is CNC(=O)OC(C)C(=O)N(C)OC. The van der Waals surface area contributed by atoms with Crippen molar-refractivity contribution in [2.45, 2.75) is 13.0 Å². The highest BCUT2D eigenvalue weighted by molar-refractivity contribution is 5.82. The molecule has 0 bridgehead atoms. The number of nitrogens with zero attached hydrogens (tertiary/aromatic N) is 1. The third-order valence-corrected chi connectivity index (χ3v) is 1.42. The van der Waals surface area contributed by atoms with E-state index in [1.54, 1.807) is 0 Å². The van der Waals surface area contributed by atoms with E-state index in [-0.39, 0.29) is 0 Å². The van der Waals surface area contributed by atoms with Crippen molar-refractivity contribution in [2.24, 2.45) is 0 Å². The van der Waals surface area contributed by atoms with Crippen molar-refractivity contribution >= 4 is 12.0 Å². The lowest BCUT2D eigenvalue weighted by molar-refractivity contribution is -0.176. The molecule has 1 atom stereocenters. The molecule has 0 aromatic heterocycles. The third-order valence-electron chi connectivity index (χ3n) is 1.42. The second kappa shape index (κ2) is 5.36. The van der Waals surface area contributed by atoms with E-state index >= 15 is 0 Å². The van der Waals surface area contributed by atoms with Gasteiger partial charge in [0.25, 0.3) is 5.91 Å². The first kappa shape index (κ1) is 11.7. The molecule has 6 nitrogen and oxygen atoms in total. The first-order chi connectivity index (χ1) is 6.02. The fraction of sp³-hybridized carbons (Fsp3) is 0.714. The number of rotatable bonds is 3. The lowest BCUT2D eigenvalue weighted by Crippen LogP contribution is -2.38. The molecule has 76 valence electrons. The number of likely N-dealkylation sites (N-methyl/N-ethyl adjacent to an activating group) is 1. The van der Waals surface area contributed by atoms with Crippen molar-refractivity contribution in [2.75, 3.05) is 21.2 Å². The van der Waals surface area contributed by atoms with Gasteiger partial charge < -0.3 is 10.1 Å². The topological polar surface area (TPSA) is 67.9 Å². The summed E-state index contributed by atoms with van der Waals surface area (Å²) in [4.78, 5) is 26.5. The second-order valence-electron chi connectivity index (χ2n) is 2.32. The van der Waals surface area contributed by atoms with Crippen molar-refractivity contribution < 1.29 is 19.2 Å². The average molecular weight is 190 g/mol. The molecule has 6 heteroatoms. The summed E-state index contributed by atoms with van der Waals surface area (Å²) >= 11 is 0. The van der Waals surface area contributed by atoms with Crippen molar-refractivity contribution in [3.05, 3.63) is 0 Å². The van der Waals surface area contributed by atoms with E-state index in [9.17, 15) is 9.59 Å². The first-order valence-electron chi connectivity index (χ1n) is 3.73. The predicted molar refractivity (Wildman–Crippen MR) is 44.8 cm³/mol. The standard InChI is InChI=1S/C7H14N2O4/c1-5(13-7(11)8-2)6(10)9(3)12-4/h5H,1-4H3,(H,8,11). The number of nitrogens with one attached hydrogen (secondary N) is 1. The van der Waals surface area contributed by atoms with Crippen LogP contribution >= 0.6 is 0 Å². The van der Waals surface area contributed by atoms with Crippen molar-refractivity contribution in [1.82, 2.24) is 10.4 Å². The summed E-state index contributed by atoms with van der Waals surface area (Å²) in [5.74, 6) is -0.425. The summed E-state index contributed by atoms with van der Waals surface area (Å²) in [5, 5.41) is 3.23. The summed E-state index contributed by atoms with van der Waals surface area (Å²) in [6.07, 6.45) is -1.50. The Morgan fingerprint density at radius 2 is 2.00 bits per heavy atom. The van der Waals surface area contributed by atoms with E-state index in [1.165, 1.54) is 28.1 Å². The van der Waals surface area contributed by atoms with Gasteiger partial charge in [-0.2, -0.15) is 0 Å². The molecule has 0 aliphatic heterocycles. The molecule has 0 aliphatic rings. The molecule has 13 heavy (non-hydrogen) atoms. The summed E-state index contributed by atoms with van der Waals surface area (Å²) < 4.78 is 4.66. The minimum absolute atomic E-state index is 0.425. The Labute approximate surface area is 76.7 Å². The number of ether oxygens (including phenoxy) is 1. The molecule has 1 N–H and O–H groups in total. The van der Waals surface area contributed by atoms with Gasteiger partial charge in [0, 0.05) is 14.1 Å². The first-order valence-corrected chi connectivity index (χ1v) is 3.73. The average Bonchev–Trinajstić information content (AvgIpc) is 2.14. The second-order valence-corrected chi connectivity index (χ2v) is 2.32. The zero-order valence-electron chi connectivity index (χ0n) is 8.16. The van der Waals surface area contributed by atoms with E-state index < -0.39 is 18.1 Å². The number of hydrogen-bond acceptors (Lipinski definition) is 4. The highest BCUT2D eigenvalue weighted by Crippen LogP contribution is 1.97. The smallest absolute Gasteiger partial charge is 0.407 e. The van der Waals surface area contributed by atoms with Gasteiger partial charge in [0.15, 0.2) is 6.10 Å². The van der Waals surface area contributed by atoms with Gasteiger partial charge in [-0.25, -0.2) is 9.86 Å². The molecule has 0 aliphatic carbocycles. The van der Waals surface area contributed by atoms with Gasteiger partial charge in [0.2, 0.25) is 0 Å². The maximum atomic E-state index is 11.2. The molecule has 0 aromatic carbocycles. The van der Waals surface area contributed by atoms with E-state index in [1.807, 2.05) is 0 Å². The quantitative estimate of drug-likeness (QED) is 0.623. The van der Waals surface area contributed by atoms with Gasteiger partial charge in [-0.1, -0.05) is 0 Å². The van der Waals surface area contributed by atoms with Crippen LogP contribution in [0.25, 0.3) is 0 Å². The van der Waals surface area contributed by atoms with Crippen LogP contribution in [0, 0.1) is 0 Å². The van der Waals surface area contributed by atoms with Crippen LogP contribution in [0.2, 0.25) is 0 Å². The number of carbonyl (C=O) groups is 2. The predicted octanol–water partition coefficient (Wildman–Crippen LogP) is -0.249. The summed E-state index contributed by atoms with van der Waals surface area (Å²) in [5.41, 5.74) is 0. The number of hydrogen-bond donors (Lipinski definition) is 1. The highest BCUT2D eigenvalue weighted by atomic mass is 16.7. The van der Waals surface area contributed by atoms with Gasteiger partial charge in [0.1, 0.15) is 0 Å². The van der Waals surface area contributed by atoms with Crippen LogP contribution in [0.1, 0.15) is 6.92 Å². The fourth-order valence-corrected chi connectivity index (χ4v) is 0.616. The van der Waals surface area contributed by atoms with Gasteiger partial charge in [-0.3, -0.25) is 9.63 Å². The van der Waals surface area contributed by atoms with Gasteiger partial charge in [0.05, 0.1) is 7.11 Å². The molecule has 0 radical (unpaired) electrons. The minimum Gasteiger partial charge on any atom is -0.436 e. The Hall–Kier alpha value is -1.30. The highest BCUT2D eigenvalue weighted by Gasteiger charge is 2.20. The monoisotopic (exact) mass is 190 g/mol. The number of carbonyl (C=O) groups excluding carboxylic acids is 2. The maximum Gasteiger partial charge on any atom is 0.407 e.